The van der Waals surface area contributed by atoms with Crippen LogP contribution in [0.3, 0.4) is 0 Å². The van der Waals surface area contributed by atoms with Crippen LogP contribution in [0.4, 0.5) is 5.69 Å². The molecule has 4 heteroatoms. The molecule has 0 aliphatic carbocycles. The molecule has 0 amide bonds. The highest BCUT2D eigenvalue weighted by atomic mass is 15.0. The van der Waals surface area contributed by atoms with Crippen LogP contribution in [-0.2, 0) is 0 Å². The van der Waals surface area contributed by atoms with E-state index in [4.69, 9.17) is 5.26 Å². The molecule has 4 nitrogen and oxygen atoms in total. The summed E-state index contributed by atoms with van der Waals surface area (Å²) in [6.45, 7) is 4.14. The molecule has 0 atom stereocenters. The van der Waals surface area contributed by atoms with E-state index in [2.05, 4.69) is 30.2 Å². The number of hydrogen-bond acceptors (Lipinski definition) is 3. The van der Waals surface area contributed by atoms with Gasteiger partial charge in [-0.05, 0) is 12.1 Å². The zero-order valence-corrected chi connectivity index (χ0v) is 9.65. The zero-order chi connectivity index (χ0) is 11.7. The first kappa shape index (κ1) is 10.5. The summed E-state index contributed by atoms with van der Waals surface area (Å²) >= 11 is 0. The highest BCUT2D eigenvalue weighted by Crippen LogP contribution is 2.21. The topological polar surface area (TPSA) is 53.1 Å². The van der Waals surface area contributed by atoms with Crippen LogP contribution in [0.5, 0.6) is 0 Å². The van der Waals surface area contributed by atoms with Crippen molar-refractivity contribution in [1.29, 1.82) is 5.26 Å². The molecule has 0 fully saturated rings. The molecule has 2 rings (SSSR count). The molecular formula is C12H14N4. The number of anilines is 1. The summed E-state index contributed by atoms with van der Waals surface area (Å²) in [5.41, 5.74) is 2.37. The number of nitrogens with one attached hydrogen (secondary N) is 1. The van der Waals surface area contributed by atoms with Gasteiger partial charge in [0.15, 0.2) is 5.69 Å². The number of nitrogens with zero attached hydrogens (tertiary/aromatic N) is 3. The first-order valence-corrected chi connectivity index (χ1v) is 5.27. The quantitative estimate of drug-likeness (QED) is 0.835. The van der Waals surface area contributed by atoms with Gasteiger partial charge in [0.1, 0.15) is 11.9 Å². The van der Waals surface area contributed by atoms with Crippen LogP contribution in [-0.4, -0.2) is 16.4 Å². The molecular weight excluding hydrogens is 200 g/mol. The molecule has 0 aliphatic heterocycles. The van der Waals surface area contributed by atoms with Gasteiger partial charge in [-0.1, -0.05) is 13.8 Å². The van der Waals surface area contributed by atoms with Gasteiger partial charge in [0, 0.05) is 19.2 Å². The lowest BCUT2D eigenvalue weighted by atomic mass is 10.2. The summed E-state index contributed by atoms with van der Waals surface area (Å²) in [6.07, 6.45) is 1.97. The van der Waals surface area contributed by atoms with E-state index in [9.17, 15) is 0 Å². The fourth-order valence-electron chi connectivity index (χ4n) is 1.75. The average molecular weight is 214 g/mol. The average Bonchev–Trinajstić information content (AvgIpc) is 2.66. The highest BCUT2D eigenvalue weighted by Gasteiger charge is 2.13. The molecule has 0 aromatic carbocycles. The van der Waals surface area contributed by atoms with Crippen molar-refractivity contribution in [3.8, 4) is 6.07 Å². The van der Waals surface area contributed by atoms with E-state index < -0.39 is 0 Å². The third-order valence-corrected chi connectivity index (χ3v) is 2.58. The van der Waals surface area contributed by atoms with E-state index in [1.807, 2.05) is 29.8 Å². The predicted octanol–water partition coefficient (Wildman–Crippen LogP) is 2.37. The number of fused-ring (bicyclic) bond motifs is 1. The molecule has 2 heterocycles. The van der Waals surface area contributed by atoms with Gasteiger partial charge in [0.25, 0.3) is 0 Å². The van der Waals surface area contributed by atoms with Gasteiger partial charge in [0.05, 0.1) is 11.2 Å². The van der Waals surface area contributed by atoms with Crippen molar-refractivity contribution in [3.63, 3.8) is 0 Å². The number of hydrogen-bond donors (Lipinski definition) is 1. The maximum atomic E-state index is 9.02. The largest absolute Gasteiger partial charge is 0.387 e. The van der Waals surface area contributed by atoms with Gasteiger partial charge >= 0.3 is 0 Å². The monoisotopic (exact) mass is 214 g/mol. The van der Waals surface area contributed by atoms with Crippen LogP contribution >= 0.6 is 0 Å². The Morgan fingerprint density at radius 3 is 2.75 bits per heavy atom. The van der Waals surface area contributed by atoms with Crippen molar-refractivity contribution < 1.29 is 0 Å². The molecule has 0 bridgehead atoms. The fourth-order valence-corrected chi connectivity index (χ4v) is 1.75. The van der Waals surface area contributed by atoms with Crippen molar-refractivity contribution >= 4 is 11.2 Å². The number of pyridine rings is 1. The molecule has 1 N–H and O–H groups in total. The maximum absolute atomic E-state index is 9.02. The van der Waals surface area contributed by atoms with E-state index in [0.717, 1.165) is 17.0 Å². The molecule has 16 heavy (non-hydrogen) atoms. The van der Waals surface area contributed by atoms with Crippen LogP contribution in [0.25, 0.3) is 5.52 Å². The SMILES string of the molecule is CNc1ccc2c(C#N)nc(C(C)C)n2c1. The van der Waals surface area contributed by atoms with Crippen molar-refractivity contribution in [1.82, 2.24) is 9.38 Å². The van der Waals surface area contributed by atoms with Gasteiger partial charge in [-0.2, -0.15) is 5.26 Å². The summed E-state index contributed by atoms with van der Waals surface area (Å²) in [6, 6.07) is 6.00. The van der Waals surface area contributed by atoms with Crippen molar-refractivity contribution in [2.75, 3.05) is 12.4 Å². The Hall–Kier alpha value is -2.02. The third-order valence-electron chi connectivity index (χ3n) is 2.58. The molecule has 2 aromatic rings. The molecule has 0 aliphatic rings. The summed E-state index contributed by atoms with van der Waals surface area (Å²) in [5, 5.41) is 12.1. The fraction of sp³-hybridized carbons (Fsp3) is 0.333. The number of imidazole rings is 1. The van der Waals surface area contributed by atoms with Crippen molar-refractivity contribution in [3.05, 3.63) is 29.8 Å². The third kappa shape index (κ3) is 1.50. The Labute approximate surface area is 94.5 Å². The standard InChI is InChI=1S/C12H14N4/c1-8(2)12-15-10(6-13)11-5-4-9(14-3)7-16(11)12/h4-5,7-8,14H,1-3H3. The normalized spacial score (nSPS) is 10.7. The van der Waals surface area contributed by atoms with Gasteiger partial charge in [-0.25, -0.2) is 4.98 Å². The minimum Gasteiger partial charge on any atom is -0.387 e. The van der Waals surface area contributed by atoms with Crippen LogP contribution in [0.1, 0.15) is 31.3 Å². The summed E-state index contributed by atoms with van der Waals surface area (Å²) in [4.78, 5) is 4.36. The second-order valence-electron chi connectivity index (χ2n) is 4.01. The molecule has 2 aromatic heterocycles. The van der Waals surface area contributed by atoms with Crippen LogP contribution in [0, 0.1) is 11.3 Å². The Bertz CT molecular complexity index is 560. The van der Waals surface area contributed by atoms with Crippen molar-refractivity contribution in [2.24, 2.45) is 0 Å². The Balaban J connectivity index is 2.76. The summed E-state index contributed by atoms with van der Waals surface area (Å²) in [5.74, 6) is 1.21. The smallest absolute Gasteiger partial charge is 0.166 e. The molecule has 0 saturated carbocycles. The zero-order valence-electron chi connectivity index (χ0n) is 9.65. The van der Waals surface area contributed by atoms with E-state index >= 15 is 0 Å². The Kier molecular flexibility index (Phi) is 2.53. The summed E-state index contributed by atoms with van der Waals surface area (Å²) in [7, 11) is 1.87. The lowest BCUT2D eigenvalue weighted by Gasteiger charge is -2.06. The molecule has 0 spiro atoms. The second-order valence-corrected chi connectivity index (χ2v) is 4.01. The highest BCUT2D eigenvalue weighted by molar-refractivity contribution is 5.62. The minimum absolute atomic E-state index is 0.293. The molecule has 0 saturated heterocycles. The van der Waals surface area contributed by atoms with E-state index in [-0.39, 0.29) is 0 Å². The van der Waals surface area contributed by atoms with E-state index in [0.29, 0.717) is 11.6 Å². The van der Waals surface area contributed by atoms with Crippen molar-refractivity contribution in [2.45, 2.75) is 19.8 Å². The minimum atomic E-state index is 0.293. The first-order valence-electron chi connectivity index (χ1n) is 5.27. The summed E-state index contributed by atoms with van der Waals surface area (Å²) < 4.78 is 1.98. The van der Waals surface area contributed by atoms with Crippen LogP contribution in [0.2, 0.25) is 0 Å². The maximum Gasteiger partial charge on any atom is 0.166 e. The van der Waals surface area contributed by atoms with Gasteiger partial charge < -0.3 is 9.72 Å². The molecule has 82 valence electrons. The Morgan fingerprint density at radius 1 is 1.44 bits per heavy atom. The molecule has 0 radical (unpaired) electrons. The van der Waals surface area contributed by atoms with Crippen LogP contribution < -0.4 is 5.32 Å². The lowest BCUT2D eigenvalue weighted by Crippen LogP contribution is -1.98. The predicted molar refractivity (Wildman–Crippen MR) is 63.5 cm³/mol. The second kappa shape index (κ2) is 3.86. The van der Waals surface area contributed by atoms with E-state index in [1.165, 1.54) is 0 Å². The van der Waals surface area contributed by atoms with E-state index in [1.54, 1.807) is 0 Å². The molecule has 0 unspecified atom stereocenters. The van der Waals surface area contributed by atoms with Gasteiger partial charge in [0.2, 0.25) is 0 Å². The first-order chi connectivity index (χ1) is 7.67. The number of nitriles is 1. The number of aromatic nitrogens is 2. The number of rotatable bonds is 2. The Morgan fingerprint density at radius 2 is 2.19 bits per heavy atom. The van der Waals surface area contributed by atoms with Crippen LogP contribution in [0.15, 0.2) is 18.3 Å². The lowest BCUT2D eigenvalue weighted by molar-refractivity contribution is 0.770. The van der Waals surface area contributed by atoms with Gasteiger partial charge in [-0.3, -0.25) is 0 Å². The van der Waals surface area contributed by atoms with Gasteiger partial charge in [-0.15, -0.1) is 0 Å².